The molecule has 0 heterocycles. The zero-order chi connectivity index (χ0) is 18.1. The topological polar surface area (TPSA) is 49.1 Å². The van der Waals surface area contributed by atoms with Gasteiger partial charge in [-0.3, -0.25) is 4.99 Å². The molecule has 0 saturated heterocycles. The lowest BCUT2D eigenvalue weighted by molar-refractivity contribution is 0.413. The maximum Gasteiger partial charge on any atom is 0.222 e. The molecule has 2 saturated carbocycles. The second-order valence-electron chi connectivity index (χ2n) is 7.58. The summed E-state index contributed by atoms with van der Waals surface area (Å²) >= 11 is 0. The maximum absolute atomic E-state index is 4.53. The van der Waals surface area contributed by atoms with Gasteiger partial charge in [0, 0.05) is 25.5 Å². The Balaban J connectivity index is 1.97. The highest BCUT2D eigenvalue weighted by Crippen LogP contribution is 2.36. The van der Waals surface area contributed by atoms with E-state index in [2.05, 4.69) is 40.9 Å². The van der Waals surface area contributed by atoms with Crippen LogP contribution in [0.15, 0.2) is 37.9 Å². The van der Waals surface area contributed by atoms with Crippen LogP contribution in [0, 0.1) is 5.92 Å². The molecule has 0 unspecified atom stereocenters. The summed E-state index contributed by atoms with van der Waals surface area (Å²) in [6.45, 7) is 8.03. The predicted octanol–water partition coefficient (Wildman–Crippen LogP) is 5.08. The molecule has 0 atom stereocenters. The number of hydrogen-bond donors (Lipinski definition) is 1. The number of rotatable bonds is 7. The van der Waals surface area contributed by atoms with Crippen LogP contribution in [0.1, 0.15) is 71.6 Å². The Bertz CT molecular complexity index is 558. The molecule has 0 spiro atoms. The molecule has 1 N–H and O–H groups in total. The molecule has 2 fully saturated rings. The SMILES string of the molecule is C=N/C(=N\C=C(\C)CC(/C=N\C)=C(/C)CC1CC1)NC1CCCCC1. The van der Waals surface area contributed by atoms with Crippen LogP contribution in [0.4, 0.5) is 0 Å². The Kier molecular flexibility index (Phi) is 8.10. The summed E-state index contributed by atoms with van der Waals surface area (Å²) < 4.78 is 0. The highest BCUT2D eigenvalue weighted by Gasteiger charge is 2.22. The third-order valence-electron chi connectivity index (χ3n) is 5.09. The highest BCUT2D eigenvalue weighted by atomic mass is 15.1. The quantitative estimate of drug-likeness (QED) is 0.509. The van der Waals surface area contributed by atoms with Crippen molar-refractivity contribution in [1.29, 1.82) is 0 Å². The van der Waals surface area contributed by atoms with Crippen LogP contribution in [0.25, 0.3) is 0 Å². The number of allylic oxidation sites excluding steroid dienone is 3. The van der Waals surface area contributed by atoms with Crippen LogP contribution in [0.3, 0.4) is 0 Å². The van der Waals surface area contributed by atoms with E-state index in [1.807, 2.05) is 19.5 Å². The Morgan fingerprint density at radius 1 is 1.12 bits per heavy atom. The summed E-state index contributed by atoms with van der Waals surface area (Å²) in [6, 6.07) is 0.496. The Morgan fingerprint density at radius 3 is 2.44 bits per heavy atom. The molecule has 2 aliphatic carbocycles. The van der Waals surface area contributed by atoms with Crippen molar-refractivity contribution < 1.29 is 0 Å². The summed E-state index contributed by atoms with van der Waals surface area (Å²) in [5, 5.41) is 3.43. The molecule has 2 rings (SSSR count). The number of guanidine groups is 1. The van der Waals surface area contributed by atoms with Gasteiger partial charge in [0.05, 0.1) is 0 Å². The standard InChI is InChI=1S/C21H34N4/c1-16(12-19(15-22-3)17(2)13-18-10-11-18)14-24-21(23-4)25-20-8-6-5-7-9-20/h14-15,18,20H,4-13H2,1-3H3,(H,24,25)/b16-14-,19-17+,22-15-. The van der Waals surface area contributed by atoms with Gasteiger partial charge in [-0.2, -0.15) is 0 Å². The molecule has 2 aliphatic rings. The molecule has 0 aliphatic heterocycles. The van der Waals surface area contributed by atoms with E-state index in [1.54, 1.807) is 0 Å². The molecule has 138 valence electrons. The fourth-order valence-corrected chi connectivity index (χ4v) is 3.42. The minimum atomic E-state index is 0.496. The van der Waals surface area contributed by atoms with E-state index in [0.29, 0.717) is 12.0 Å². The molecule has 25 heavy (non-hydrogen) atoms. The second-order valence-corrected chi connectivity index (χ2v) is 7.58. The smallest absolute Gasteiger partial charge is 0.222 e. The van der Waals surface area contributed by atoms with Crippen LogP contribution in [0.2, 0.25) is 0 Å². The van der Waals surface area contributed by atoms with E-state index in [-0.39, 0.29) is 0 Å². The lowest BCUT2D eigenvalue weighted by Crippen LogP contribution is -2.35. The first-order chi connectivity index (χ1) is 12.1. The molecule has 0 aromatic heterocycles. The molecule has 4 nitrogen and oxygen atoms in total. The lowest BCUT2D eigenvalue weighted by Gasteiger charge is -2.22. The number of aliphatic imine (C=N–C) groups is 3. The van der Waals surface area contributed by atoms with Crippen molar-refractivity contribution in [3.63, 3.8) is 0 Å². The first-order valence-electron chi connectivity index (χ1n) is 9.69. The van der Waals surface area contributed by atoms with Crippen LogP contribution in [0.5, 0.6) is 0 Å². The Morgan fingerprint density at radius 2 is 1.84 bits per heavy atom. The first kappa shape index (κ1) is 19.6. The molecule has 0 aromatic rings. The van der Waals surface area contributed by atoms with E-state index < -0.39 is 0 Å². The molecule has 0 radical (unpaired) electrons. The van der Waals surface area contributed by atoms with Crippen molar-refractivity contribution in [2.75, 3.05) is 7.05 Å². The van der Waals surface area contributed by atoms with E-state index >= 15 is 0 Å². The Hall–Kier alpha value is -1.71. The van der Waals surface area contributed by atoms with Gasteiger partial charge >= 0.3 is 0 Å². The minimum Gasteiger partial charge on any atom is -0.352 e. The van der Waals surface area contributed by atoms with E-state index in [0.717, 1.165) is 12.3 Å². The lowest BCUT2D eigenvalue weighted by atomic mass is 9.96. The normalized spacial score (nSPS) is 21.4. The van der Waals surface area contributed by atoms with Crippen molar-refractivity contribution in [1.82, 2.24) is 5.32 Å². The molecule has 0 aromatic carbocycles. The summed E-state index contributed by atoms with van der Waals surface area (Å²) in [5.41, 5.74) is 4.01. The van der Waals surface area contributed by atoms with Crippen LogP contribution < -0.4 is 5.32 Å². The van der Waals surface area contributed by atoms with Crippen LogP contribution in [-0.2, 0) is 0 Å². The molecule has 0 bridgehead atoms. The third kappa shape index (κ3) is 7.37. The van der Waals surface area contributed by atoms with Crippen molar-refractivity contribution in [3.8, 4) is 0 Å². The van der Waals surface area contributed by atoms with E-state index in [1.165, 1.54) is 68.1 Å². The fourth-order valence-electron chi connectivity index (χ4n) is 3.42. The molecular weight excluding hydrogens is 308 g/mol. The van der Waals surface area contributed by atoms with E-state index in [4.69, 9.17) is 0 Å². The zero-order valence-corrected chi connectivity index (χ0v) is 16.2. The van der Waals surface area contributed by atoms with Gasteiger partial charge in [-0.25, -0.2) is 9.98 Å². The van der Waals surface area contributed by atoms with Gasteiger partial charge in [-0.1, -0.05) is 30.4 Å². The van der Waals surface area contributed by atoms with Gasteiger partial charge in [0.15, 0.2) is 0 Å². The summed E-state index contributed by atoms with van der Waals surface area (Å²) in [6.07, 6.45) is 15.1. The van der Waals surface area contributed by atoms with Gasteiger partial charge in [0.2, 0.25) is 5.96 Å². The van der Waals surface area contributed by atoms with Crippen molar-refractivity contribution in [2.45, 2.75) is 77.7 Å². The maximum atomic E-state index is 4.53. The van der Waals surface area contributed by atoms with Crippen LogP contribution >= 0.6 is 0 Å². The first-order valence-corrected chi connectivity index (χ1v) is 9.69. The largest absolute Gasteiger partial charge is 0.352 e. The summed E-state index contributed by atoms with van der Waals surface area (Å²) in [5.74, 6) is 1.55. The second kappa shape index (κ2) is 10.3. The van der Waals surface area contributed by atoms with Crippen LogP contribution in [-0.4, -0.2) is 32.0 Å². The van der Waals surface area contributed by atoms with Gasteiger partial charge < -0.3 is 5.32 Å². The minimum absolute atomic E-state index is 0.496. The predicted molar refractivity (Wildman–Crippen MR) is 110 cm³/mol. The molecular formula is C21H34N4. The monoisotopic (exact) mass is 342 g/mol. The number of nitrogens with zero attached hydrogens (tertiary/aromatic N) is 3. The van der Waals surface area contributed by atoms with Crippen molar-refractivity contribution in [2.24, 2.45) is 20.9 Å². The third-order valence-corrected chi connectivity index (χ3v) is 5.09. The number of nitrogens with one attached hydrogen (secondary N) is 1. The van der Waals surface area contributed by atoms with Gasteiger partial charge in [0.25, 0.3) is 0 Å². The van der Waals surface area contributed by atoms with Crippen molar-refractivity contribution >= 4 is 18.9 Å². The fraction of sp³-hybridized carbons (Fsp3) is 0.667. The van der Waals surface area contributed by atoms with E-state index in [9.17, 15) is 0 Å². The zero-order valence-electron chi connectivity index (χ0n) is 16.2. The van der Waals surface area contributed by atoms with Crippen molar-refractivity contribution in [3.05, 3.63) is 22.9 Å². The van der Waals surface area contributed by atoms with Gasteiger partial charge in [-0.15, -0.1) is 0 Å². The molecule has 4 heteroatoms. The van der Waals surface area contributed by atoms with Gasteiger partial charge in [-0.05, 0) is 70.6 Å². The number of hydrogen-bond acceptors (Lipinski definition) is 2. The molecule has 0 amide bonds. The summed E-state index contributed by atoms with van der Waals surface area (Å²) in [7, 11) is 1.84. The highest BCUT2D eigenvalue weighted by molar-refractivity contribution is 5.85. The summed E-state index contributed by atoms with van der Waals surface area (Å²) in [4.78, 5) is 12.8. The average molecular weight is 343 g/mol. The average Bonchev–Trinajstić information content (AvgIpc) is 3.43. The van der Waals surface area contributed by atoms with Gasteiger partial charge in [0.1, 0.15) is 0 Å². The Labute approximate surface area is 153 Å².